The molecule has 0 unspecified atom stereocenters. The van der Waals surface area contributed by atoms with Crippen LogP contribution in [-0.2, 0) is 0 Å². The normalized spacial score (nSPS) is 11.3. The molecule has 132 valence electrons. The zero-order valence-electron chi connectivity index (χ0n) is 14.2. The molecule has 4 rings (SSSR count). The molecule has 4 heteroatoms. The molecule has 0 radical (unpaired) electrons. The molecular weight excluding hydrogens is 360 g/mol. The van der Waals surface area contributed by atoms with Crippen LogP contribution in [-0.4, -0.2) is 11.1 Å². The van der Waals surface area contributed by atoms with Crippen molar-refractivity contribution in [2.45, 2.75) is 0 Å². The van der Waals surface area contributed by atoms with Gasteiger partial charge in [0.2, 0.25) is 0 Å². The van der Waals surface area contributed by atoms with Crippen LogP contribution in [0.15, 0.2) is 77.2 Å². The van der Waals surface area contributed by atoms with E-state index in [2.05, 4.69) is 0 Å². The summed E-state index contributed by atoms with van der Waals surface area (Å²) in [6, 6.07) is 22.3. The van der Waals surface area contributed by atoms with Crippen molar-refractivity contribution < 1.29 is 14.3 Å². The summed E-state index contributed by atoms with van der Waals surface area (Å²) in [6.07, 6.45) is 3.84. The highest BCUT2D eigenvalue weighted by Gasteiger charge is 2.06. The third-order valence-electron chi connectivity index (χ3n) is 4.28. The van der Waals surface area contributed by atoms with Crippen LogP contribution >= 0.6 is 11.6 Å². The Labute approximate surface area is 161 Å². The predicted octanol–water partition coefficient (Wildman–Crippen LogP) is 6.62. The average molecular weight is 375 g/mol. The molecule has 0 spiro atoms. The number of fused-ring (bicyclic) bond motifs is 1. The number of rotatable bonds is 4. The number of carboxylic acids is 1. The van der Waals surface area contributed by atoms with Gasteiger partial charge in [0.05, 0.1) is 5.56 Å². The van der Waals surface area contributed by atoms with Crippen molar-refractivity contribution in [1.29, 1.82) is 0 Å². The number of aromatic carboxylic acids is 1. The number of hydrogen-bond acceptors (Lipinski definition) is 2. The third-order valence-corrected chi connectivity index (χ3v) is 4.51. The Balaban J connectivity index is 1.56. The zero-order chi connectivity index (χ0) is 18.8. The van der Waals surface area contributed by atoms with E-state index >= 15 is 0 Å². The highest BCUT2D eigenvalue weighted by molar-refractivity contribution is 6.31. The van der Waals surface area contributed by atoms with Gasteiger partial charge in [-0.15, -0.1) is 0 Å². The summed E-state index contributed by atoms with van der Waals surface area (Å²) >= 11 is 6.03. The number of hydrogen-bond donors (Lipinski definition) is 1. The lowest BCUT2D eigenvalue weighted by Gasteiger charge is -1.99. The Hall–Kier alpha value is -3.30. The molecule has 0 atom stereocenters. The van der Waals surface area contributed by atoms with Crippen molar-refractivity contribution in [2.75, 3.05) is 0 Å². The second-order valence-electron chi connectivity index (χ2n) is 6.18. The van der Waals surface area contributed by atoms with Crippen LogP contribution < -0.4 is 0 Å². The molecule has 27 heavy (non-hydrogen) atoms. The summed E-state index contributed by atoms with van der Waals surface area (Å²) in [5.41, 5.74) is 3.91. The number of furan rings is 1. The maximum atomic E-state index is 11.0. The molecule has 0 saturated carbocycles. The minimum absolute atomic E-state index is 0.275. The second kappa shape index (κ2) is 7.14. The van der Waals surface area contributed by atoms with Crippen molar-refractivity contribution in [1.82, 2.24) is 0 Å². The molecule has 1 heterocycles. The first-order valence-electron chi connectivity index (χ1n) is 8.39. The van der Waals surface area contributed by atoms with E-state index in [0.29, 0.717) is 5.02 Å². The van der Waals surface area contributed by atoms with Gasteiger partial charge < -0.3 is 9.52 Å². The Morgan fingerprint density at radius 2 is 1.67 bits per heavy atom. The van der Waals surface area contributed by atoms with E-state index in [-0.39, 0.29) is 5.56 Å². The number of carbonyl (C=O) groups is 1. The Morgan fingerprint density at radius 1 is 0.889 bits per heavy atom. The largest absolute Gasteiger partial charge is 0.478 e. The predicted molar refractivity (Wildman–Crippen MR) is 109 cm³/mol. The van der Waals surface area contributed by atoms with E-state index in [1.54, 1.807) is 18.2 Å². The summed E-state index contributed by atoms with van der Waals surface area (Å²) in [7, 11) is 0. The van der Waals surface area contributed by atoms with E-state index < -0.39 is 5.97 Å². The molecular formula is C23H15ClO3. The molecule has 0 amide bonds. The Bertz CT molecular complexity index is 1150. The van der Waals surface area contributed by atoms with Gasteiger partial charge in [-0.2, -0.15) is 0 Å². The molecule has 0 fully saturated rings. The highest BCUT2D eigenvalue weighted by atomic mass is 35.5. The molecule has 4 aromatic rings. The fourth-order valence-electron chi connectivity index (χ4n) is 2.88. The fourth-order valence-corrected chi connectivity index (χ4v) is 3.06. The molecule has 3 nitrogen and oxygen atoms in total. The van der Waals surface area contributed by atoms with Crippen LogP contribution in [0.5, 0.6) is 0 Å². The number of benzene rings is 3. The van der Waals surface area contributed by atoms with Gasteiger partial charge in [-0.3, -0.25) is 0 Å². The molecule has 0 bridgehead atoms. The van der Waals surface area contributed by atoms with Gasteiger partial charge in [0.25, 0.3) is 0 Å². The van der Waals surface area contributed by atoms with E-state index in [4.69, 9.17) is 21.1 Å². The minimum Gasteiger partial charge on any atom is -0.478 e. The highest BCUT2D eigenvalue weighted by Crippen LogP contribution is 2.29. The third kappa shape index (κ3) is 3.78. The van der Waals surface area contributed by atoms with Gasteiger partial charge in [0.15, 0.2) is 0 Å². The van der Waals surface area contributed by atoms with Gasteiger partial charge in [-0.25, -0.2) is 4.79 Å². The van der Waals surface area contributed by atoms with E-state index in [9.17, 15) is 4.79 Å². The SMILES string of the molecule is O=C(O)c1cccc(C=Cc2ccc(-c3cc4cc(Cl)ccc4o3)cc2)c1. The maximum absolute atomic E-state index is 11.0. The topological polar surface area (TPSA) is 50.4 Å². The quantitative estimate of drug-likeness (QED) is 0.408. The van der Waals surface area contributed by atoms with Gasteiger partial charge in [-0.05, 0) is 47.5 Å². The molecule has 0 aliphatic carbocycles. The molecule has 0 saturated heterocycles. The minimum atomic E-state index is -0.929. The zero-order valence-corrected chi connectivity index (χ0v) is 15.0. The van der Waals surface area contributed by atoms with E-state index in [1.165, 1.54) is 0 Å². The summed E-state index contributed by atoms with van der Waals surface area (Å²) in [4.78, 5) is 11.0. The summed E-state index contributed by atoms with van der Waals surface area (Å²) in [6.45, 7) is 0. The molecule has 0 aliphatic heterocycles. The van der Waals surface area contributed by atoms with Crippen LogP contribution in [0.25, 0.3) is 34.4 Å². The maximum Gasteiger partial charge on any atom is 0.335 e. The lowest BCUT2D eigenvalue weighted by molar-refractivity contribution is 0.0697. The first kappa shape index (κ1) is 17.1. The van der Waals surface area contributed by atoms with E-state index in [0.717, 1.165) is 33.4 Å². The summed E-state index contributed by atoms with van der Waals surface area (Å²) in [5.74, 6) is -0.140. The molecule has 3 aromatic carbocycles. The van der Waals surface area contributed by atoms with Crippen LogP contribution in [0.2, 0.25) is 5.02 Å². The van der Waals surface area contributed by atoms with Gasteiger partial charge >= 0.3 is 5.97 Å². The fraction of sp³-hybridized carbons (Fsp3) is 0. The standard InChI is InChI=1S/C23H15ClO3/c24-20-10-11-21-19(13-20)14-22(27-21)17-8-6-15(7-9-17)4-5-16-2-1-3-18(12-16)23(25)26/h1-14H,(H,25,26). The smallest absolute Gasteiger partial charge is 0.335 e. The average Bonchev–Trinajstić information content (AvgIpc) is 3.10. The molecule has 0 aliphatic rings. The van der Waals surface area contributed by atoms with Crippen LogP contribution in [0.1, 0.15) is 21.5 Å². The van der Waals surface area contributed by atoms with Crippen molar-refractivity contribution in [2.24, 2.45) is 0 Å². The van der Waals surface area contributed by atoms with Crippen LogP contribution in [0.4, 0.5) is 0 Å². The molecule has 1 N–H and O–H groups in total. The van der Waals surface area contributed by atoms with Crippen molar-refractivity contribution >= 4 is 40.7 Å². The van der Waals surface area contributed by atoms with Gasteiger partial charge in [-0.1, -0.05) is 60.2 Å². The van der Waals surface area contributed by atoms with Crippen molar-refractivity contribution in [3.63, 3.8) is 0 Å². The monoisotopic (exact) mass is 374 g/mol. The summed E-state index contributed by atoms with van der Waals surface area (Å²) in [5, 5.41) is 10.7. The van der Waals surface area contributed by atoms with E-state index in [1.807, 2.05) is 66.7 Å². The molecule has 1 aromatic heterocycles. The van der Waals surface area contributed by atoms with Gasteiger partial charge in [0.1, 0.15) is 11.3 Å². The Kier molecular flexibility index (Phi) is 4.53. The van der Waals surface area contributed by atoms with Gasteiger partial charge in [0, 0.05) is 16.0 Å². The first-order chi connectivity index (χ1) is 13.1. The summed E-state index contributed by atoms with van der Waals surface area (Å²) < 4.78 is 5.88. The lowest BCUT2D eigenvalue weighted by Crippen LogP contribution is -1.95. The van der Waals surface area contributed by atoms with Crippen LogP contribution in [0.3, 0.4) is 0 Å². The van der Waals surface area contributed by atoms with Crippen LogP contribution in [0, 0.1) is 0 Å². The van der Waals surface area contributed by atoms with Crippen molar-refractivity contribution in [3.05, 3.63) is 94.5 Å². The number of halogens is 1. The lowest BCUT2D eigenvalue weighted by atomic mass is 10.1. The van der Waals surface area contributed by atoms with Crippen molar-refractivity contribution in [3.8, 4) is 11.3 Å². The first-order valence-corrected chi connectivity index (χ1v) is 8.77. The Morgan fingerprint density at radius 3 is 2.44 bits per heavy atom. The number of carboxylic acid groups (broad SMARTS) is 1. The second-order valence-corrected chi connectivity index (χ2v) is 6.62.